The SMILES string of the molecule is CCCOc1cccc(C(=O)C(C#N)C(=O)NC2CCCCC2)c1. The number of nitrogens with zero attached hydrogens (tertiary/aromatic N) is 1. The molecule has 1 aliphatic rings. The first-order valence-electron chi connectivity index (χ1n) is 8.62. The highest BCUT2D eigenvalue weighted by atomic mass is 16.5. The largest absolute Gasteiger partial charge is 0.494 e. The van der Waals surface area contributed by atoms with Crippen LogP contribution in [0.3, 0.4) is 0 Å². The molecule has 0 spiro atoms. The number of carbonyl (C=O) groups is 2. The molecule has 1 fully saturated rings. The van der Waals surface area contributed by atoms with E-state index in [-0.39, 0.29) is 6.04 Å². The minimum absolute atomic E-state index is 0.0779. The fourth-order valence-electron chi connectivity index (χ4n) is 2.89. The van der Waals surface area contributed by atoms with E-state index in [1.165, 1.54) is 6.42 Å². The number of hydrogen-bond donors (Lipinski definition) is 1. The maximum Gasteiger partial charge on any atom is 0.245 e. The number of ether oxygens (including phenoxy) is 1. The van der Waals surface area contributed by atoms with E-state index in [9.17, 15) is 14.9 Å². The summed E-state index contributed by atoms with van der Waals surface area (Å²) in [5, 5.41) is 12.2. The van der Waals surface area contributed by atoms with Crippen molar-refractivity contribution in [2.24, 2.45) is 5.92 Å². The smallest absolute Gasteiger partial charge is 0.245 e. The van der Waals surface area contributed by atoms with Crippen LogP contribution in [0.4, 0.5) is 0 Å². The van der Waals surface area contributed by atoms with E-state index in [4.69, 9.17) is 4.74 Å². The normalized spacial score (nSPS) is 16.0. The van der Waals surface area contributed by atoms with Gasteiger partial charge in [0.2, 0.25) is 5.91 Å². The quantitative estimate of drug-likeness (QED) is 0.615. The van der Waals surface area contributed by atoms with Gasteiger partial charge in [-0.05, 0) is 31.4 Å². The first-order chi connectivity index (χ1) is 11.7. The highest BCUT2D eigenvalue weighted by Gasteiger charge is 2.29. The molecular formula is C19H24N2O3. The molecule has 0 aliphatic heterocycles. The van der Waals surface area contributed by atoms with E-state index in [0.717, 1.165) is 32.1 Å². The van der Waals surface area contributed by atoms with E-state index < -0.39 is 17.6 Å². The van der Waals surface area contributed by atoms with Crippen molar-refractivity contribution in [3.63, 3.8) is 0 Å². The average molecular weight is 328 g/mol. The number of hydrogen-bond acceptors (Lipinski definition) is 4. The van der Waals surface area contributed by atoms with Gasteiger partial charge in [0.15, 0.2) is 11.7 Å². The van der Waals surface area contributed by atoms with Gasteiger partial charge in [0.25, 0.3) is 0 Å². The Balaban J connectivity index is 2.04. The van der Waals surface area contributed by atoms with Gasteiger partial charge in [0.05, 0.1) is 12.7 Å². The van der Waals surface area contributed by atoms with Crippen LogP contribution in [0.25, 0.3) is 0 Å². The Hall–Kier alpha value is -2.35. The van der Waals surface area contributed by atoms with Crippen LogP contribution in [0, 0.1) is 17.2 Å². The van der Waals surface area contributed by atoms with Crippen LogP contribution < -0.4 is 10.1 Å². The molecular weight excluding hydrogens is 304 g/mol. The monoisotopic (exact) mass is 328 g/mol. The third-order valence-electron chi connectivity index (χ3n) is 4.20. The molecule has 1 aromatic rings. The predicted molar refractivity (Wildman–Crippen MR) is 90.7 cm³/mol. The Labute approximate surface area is 143 Å². The molecule has 0 bridgehead atoms. The van der Waals surface area contributed by atoms with E-state index in [1.54, 1.807) is 24.3 Å². The lowest BCUT2D eigenvalue weighted by Gasteiger charge is -2.23. The van der Waals surface area contributed by atoms with Crippen LogP contribution in [0.2, 0.25) is 0 Å². The van der Waals surface area contributed by atoms with Crippen molar-refractivity contribution >= 4 is 11.7 Å². The molecule has 1 N–H and O–H groups in total. The van der Waals surface area contributed by atoms with Crippen molar-refractivity contribution in [2.45, 2.75) is 51.5 Å². The van der Waals surface area contributed by atoms with Crippen molar-refractivity contribution in [2.75, 3.05) is 6.61 Å². The summed E-state index contributed by atoms with van der Waals surface area (Å²) >= 11 is 0. The lowest BCUT2D eigenvalue weighted by molar-refractivity contribution is -0.123. The van der Waals surface area contributed by atoms with Crippen LogP contribution in [0.1, 0.15) is 55.8 Å². The van der Waals surface area contributed by atoms with E-state index in [0.29, 0.717) is 17.9 Å². The van der Waals surface area contributed by atoms with Gasteiger partial charge >= 0.3 is 0 Å². The Morgan fingerprint density at radius 1 is 1.33 bits per heavy atom. The second-order valence-corrected chi connectivity index (χ2v) is 6.15. The van der Waals surface area contributed by atoms with Gasteiger partial charge < -0.3 is 10.1 Å². The summed E-state index contributed by atoms with van der Waals surface area (Å²) in [6.45, 7) is 2.55. The molecule has 2 rings (SSSR count). The number of rotatable bonds is 7. The third-order valence-corrected chi connectivity index (χ3v) is 4.20. The fourth-order valence-corrected chi connectivity index (χ4v) is 2.89. The van der Waals surface area contributed by atoms with E-state index >= 15 is 0 Å². The number of Topliss-reactive ketones (excluding diaryl/α,β-unsaturated/α-hetero) is 1. The molecule has 1 atom stereocenters. The standard InChI is InChI=1S/C19H24N2O3/c1-2-11-24-16-10-6-7-14(12-16)18(22)17(13-20)19(23)21-15-8-4-3-5-9-15/h6-7,10,12,15,17H,2-5,8-9,11H2,1H3,(H,21,23). The molecule has 0 aromatic heterocycles. The molecule has 1 amide bonds. The highest BCUT2D eigenvalue weighted by Crippen LogP contribution is 2.20. The minimum atomic E-state index is -1.31. The zero-order valence-electron chi connectivity index (χ0n) is 14.1. The molecule has 24 heavy (non-hydrogen) atoms. The Morgan fingerprint density at radius 2 is 2.08 bits per heavy atom. The zero-order valence-corrected chi connectivity index (χ0v) is 14.1. The first-order valence-corrected chi connectivity index (χ1v) is 8.62. The zero-order chi connectivity index (χ0) is 17.4. The molecule has 1 saturated carbocycles. The molecule has 0 heterocycles. The average Bonchev–Trinajstić information content (AvgIpc) is 2.61. The van der Waals surface area contributed by atoms with Crippen LogP contribution >= 0.6 is 0 Å². The highest BCUT2D eigenvalue weighted by molar-refractivity contribution is 6.12. The lowest BCUT2D eigenvalue weighted by atomic mass is 9.93. The van der Waals surface area contributed by atoms with Gasteiger partial charge in [0.1, 0.15) is 5.75 Å². The summed E-state index contributed by atoms with van der Waals surface area (Å²) in [6, 6.07) is 8.59. The second-order valence-electron chi connectivity index (χ2n) is 6.15. The Bertz CT molecular complexity index is 615. The number of amides is 1. The van der Waals surface area contributed by atoms with Crippen molar-refractivity contribution in [3.05, 3.63) is 29.8 Å². The summed E-state index contributed by atoms with van der Waals surface area (Å²) in [4.78, 5) is 24.9. The fraction of sp³-hybridized carbons (Fsp3) is 0.526. The molecule has 1 aliphatic carbocycles. The van der Waals surface area contributed by atoms with Gasteiger partial charge in [-0.1, -0.05) is 38.3 Å². The van der Waals surface area contributed by atoms with Gasteiger partial charge in [-0.25, -0.2) is 0 Å². The number of nitrogens with one attached hydrogen (secondary N) is 1. The van der Waals surface area contributed by atoms with Crippen LogP contribution in [-0.4, -0.2) is 24.3 Å². The van der Waals surface area contributed by atoms with Gasteiger partial charge in [-0.15, -0.1) is 0 Å². The molecule has 5 heteroatoms. The second kappa shape index (κ2) is 9.07. The van der Waals surface area contributed by atoms with Gasteiger partial charge in [-0.2, -0.15) is 5.26 Å². The molecule has 0 saturated heterocycles. The molecule has 1 aromatic carbocycles. The summed E-state index contributed by atoms with van der Waals surface area (Å²) in [5.41, 5.74) is 0.328. The maximum absolute atomic E-state index is 12.5. The number of benzene rings is 1. The predicted octanol–water partition coefficient (Wildman–Crippen LogP) is 3.25. The Kier molecular flexibility index (Phi) is 6.80. The third kappa shape index (κ3) is 4.82. The van der Waals surface area contributed by atoms with Gasteiger partial charge in [-0.3, -0.25) is 9.59 Å². The number of carbonyl (C=O) groups excluding carboxylic acids is 2. The molecule has 0 radical (unpaired) electrons. The Morgan fingerprint density at radius 3 is 2.75 bits per heavy atom. The van der Waals surface area contributed by atoms with Crippen molar-refractivity contribution in [1.29, 1.82) is 5.26 Å². The van der Waals surface area contributed by atoms with Gasteiger partial charge in [0, 0.05) is 11.6 Å². The molecule has 1 unspecified atom stereocenters. The first kappa shape index (κ1) is 18.0. The summed E-state index contributed by atoms with van der Waals surface area (Å²) in [5.74, 6) is -1.71. The van der Waals surface area contributed by atoms with E-state index in [1.807, 2.05) is 13.0 Å². The maximum atomic E-state index is 12.5. The van der Waals surface area contributed by atoms with Crippen LogP contribution in [-0.2, 0) is 4.79 Å². The van der Waals surface area contributed by atoms with Crippen LogP contribution in [0.15, 0.2) is 24.3 Å². The topological polar surface area (TPSA) is 79.2 Å². The molecule has 5 nitrogen and oxygen atoms in total. The number of nitriles is 1. The number of ketones is 1. The lowest BCUT2D eigenvalue weighted by Crippen LogP contribution is -2.42. The summed E-state index contributed by atoms with van der Waals surface area (Å²) in [7, 11) is 0. The summed E-state index contributed by atoms with van der Waals surface area (Å²) < 4.78 is 5.51. The van der Waals surface area contributed by atoms with Crippen molar-refractivity contribution in [3.8, 4) is 11.8 Å². The molecule has 128 valence electrons. The van der Waals surface area contributed by atoms with Crippen LogP contribution in [0.5, 0.6) is 5.75 Å². The van der Waals surface area contributed by atoms with E-state index in [2.05, 4.69) is 5.32 Å². The summed E-state index contributed by atoms with van der Waals surface area (Å²) in [6.07, 6.45) is 6.02. The van der Waals surface area contributed by atoms with Crippen molar-refractivity contribution in [1.82, 2.24) is 5.32 Å². The van der Waals surface area contributed by atoms with Crippen molar-refractivity contribution < 1.29 is 14.3 Å². The minimum Gasteiger partial charge on any atom is -0.494 e.